The van der Waals surface area contributed by atoms with Gasteiger partial charge in [0.25, 0.3) is 0 Å². The standard InChI is InChI=1S/C23H29F2N3O4S/c1-16(2)33(30,31)27-19-6-3-17(4-7-19)12-23(29)26-13-20-15-28(9-10-32-20)14-18-5-8-21(24)22(25)11-18/h3-8,11,16,20,27H,9-10,12-15H2,1-2H3,(H,26,29)/t20-/m0/s1. The van der Waals surface area contributed by atoms with Crippen molar-refractivity contribution in [3.8, 4) is 0 Å². The zero-order valence-electron chi connectivity index (χ0n) is 18.7. The van der Waals surface area contributed by atoms with Gasteiger partial charge in [-0.3, -0.25) is 14.4 Å². The van der Waals surface area contributed by atoms with Gasteiger partial charge < -0.3 is 10.1 Å². The van der Waals surface area contributed by atoms with Crippen molar-refractivity contribution < 1.29 is 26.7 Å². The lowest BCUT2D eigenvalue weighted by atomic mass is 10.1. The molecule has 10 heteroatoms. The van der Waals surface area contributed by atoms with Gasteiger partial charge in [0.1, 0.15) is 0 Å². The third kappa shape index (κ3) is 7.48. The van der Waals surface area contributed by atoms with E-state index in [1.807, 2.05) is 0 Å². The summed E-state index contributed by atoms with van der Waals surface area (Å²) < 4.78 is 58.6. The van der Waals surface area contributed by atoms with Crippen LogP contribution in [0, 0.1) is 11.6 Å². The Balaban J connectivity index is 1.45. The summed E-state index contributed by atoms with van der Waals surface area (Å²) in [6.45, 7) is 5.70. The number of rotatable bonds is 9. The Morgan fingerprint density at radius 1 is 1.12 bits per heavy atom. The van der Waals surface area contributed by atoms with Crippen LogP contribution in [0.2, 0.25) is 0 Å². The Morgan fingerprint density at radius 2 is 1.82 bits per heavy atom. The van der Waals surface area contributed by atoms with E-state index >= 15 is 0 Å². The van der Waals surface area contributed by atoms with Crippen molar-refractivity contribution in [2.24, 2.45) is 0 Å². The second-order valence-electron chi connectivity index (χ2n) is 8.35. The molecule has 0 radical (unpaired) electrons. The fraction of sp³-hybridized carbons (Fsp3) is 0.435. The van der Waals surface area contributed by atoms with Crippen LogP contribution in [-0.4, -0.2) is 56.8 Å². The number of carbonyl (C=O) groups is 1. The van der Waals surface area contributed by atoms with Crippen LogP contribution in [0.4, 0.5) is 14.5 Å². The molecule has 0 unspecified atom stereocenters. The van der Waals surface area contributed by atoms with Gasteiger partial charge in [0.2, 0.25) is 15.9 Å². The maximum Gasteiger partial charge on any atom is 0.235 e. The minimum atomic E-state index is -3.42. The van der Waals surface area contributed by atoms with E-state index in [-0.39, 0.29) is 18.4 Å². The largest absolute Gasteiger partial charge is 0.374 e. The number of anilines is 1. The second-order valence-corrected chi connectivity index (χ2v) is 10.6. The minimum absolute atomic E-state index is 0.155. The van der Waals surface area contributed by atoms with Gasteiger partial charge in [-0.15, -0.1) is 0 Å². The van der Waals surface area contributed by atoms with Gasteiger partial charge in [0.15, 0.2) is 11.6 Å². The maximum atomic E-state index is 13.4. The molecule has 1 heterocycles. The predicted molar refractivity (Wildman–Crippen MR) is 122 cm³/mol. The van der Waals surface area contributed by atoms with E-state index in [4.69, 9.17) is 4.74 Å². The van der Waals surface area contributed by atoms with Gasteiger partial charge in [-0.05, 0) is 49.2 Å². The van der Waals surface area contributed by atoms with E-state index in [2.05, 4.69) is 14.9 Å². The normalized spacial score (nSPS) is 17.2. The van der Waals surface area contributed by atoms with E-state index in [1.54, 1.807) is 44.2 Å². The Morgan fingerprint density at radius 3 is 2.48 bits per heavy atom. The number of nitrogens with zero attached hydrogens (tertiary/aromatic N) is 1. The molecule has 7 nitrogen and oxygen atoms in total. The zero-order valence-corrected chi connectivity index (χ0v) is 19.5. The van der Waals surface area contributed by atoms with Crippen molar-refractivity contribution in [3.05, 3.63) is 65.2 Å². The molecular formula is C23H29F2N3O4S. The third-order valence-corrected chi connectivity index (χ3v) is 7.10. The number of morpholine rings is 1. The Labute approximate surface area is 193 Å². The fourth-order valence-corrected chi connectivity index (χ4v) is 4.09. The van der Waals surface area contributed by atoms with Crippen LogP contribution < -0.4 is 10.0 Å². The summed E-state index contributed by atoms with van der Waals surface area (Å²) in [4.78, 5) is 14.4. The number of hydrogen-bond donors (Lipinski definition) is 2. The fourth-order valence-electron chi connectivity index (χ4n) is 3.39. The maximum absolute atomic E-state index is 13.4. The zero-order chi connectivity index (χ0) is 24.0. The topological polar surface area (TPSA) is 87.7 Å². The highest BCUT2D eigenvalue weighted by Crippen LogP contribution is 2.15. The summed E-state index contributed by atoms with van der Waals surface area (Å²) in [6.07, 6.45) is -0.0523. The Hall–Kier alpha value is -2.56. The molecule has 0 bridgehead atoms. The van der Waals surface area contributed by atoms with E-state index in [0.717, 1.165) is 11.6 Å². The van der Waals surface area contributed by atoms with Crippen LogP contribution in [0.5, 0.6) is 0 Å². The average Bonchev–Trinajstić information content (AvgIpc) is 2.76. The Bertz CT molecular complexity index is 1060. The highest BCUT2D eigenvalue weighted by Gasteiger charge is 2.21. The average molecular weight is 482 g/mol. The smallest absolute Gasteiger partial charge is 0.235 e. The lowest BCUT2D eigenvalue weighted by Crippen LogP contribution is -2.47. The molecule has 1 saturated heterocycles. The summed E-state index contributed by atoms with van der Waals surface area (Å²) in [7, 11) is -3.42. The number of ether oxygens (including phenoxy) is 1. The SMILES string of the molecule is CC(C)S(=O)(=O)Nc1ccc(CC(=O)NC[C@H]2CN(Cc3ccc(F)c(F)c3)CCO2)cc1. The van der Waals surface area contributed by atoms with E-state index in [9.17, 15) is 22.0 Å². The molecule has 2 N–H and O–H groups in total. The first-order valence-electron chi connectivity index (χ1n) is 10.8. The molecule has 1 amide bonds. The molecule has 0 aromatic heterocycles. The van der Waals surface area contributed by atoms with Gasteiger partial charge in [0, 0.05) is 31.9 Å². The van der Waals surface area contributed by atoms with Crippen molar-refractivity contribution >= 4 is 21.6 Å². The quantitative estimate of drug-likeness (QED) is 0.575. The van der Waals surface area contributed by atoms with Gasteiger partial charge in [0.05, 0.1) is 24.4 Å². The summed E-state index contributed by atoms with van der Waals surface area (Å²) in [5.74, 6) is -1.91. The van der Waals surface area contributed by atoms with Gasteiger partial charge >= 0.3 is 0 Å². The van der Waals surface area contributed by atoms with Gasteiger partial charge in [-0.1, -0.05) is 18.2 Å². The molecule has 2 aromatic carbocycles. The summed E-state index contributed by atoms with van der Waals surface area (Å²) in [5, 5.41) is 2.31. The van der Waals surface area contributed by atoms with Gasteiger partial charge in [-0.25, -0.2) is 17.2 Å². The summed E-state index contributed by atoms with van der Waals surface area (Å²) in [6, 6.07) is 10.5. The predicted octanol–water partition coefficient (Wildman–Crippen LogP) is 2.67. The van der Waals surface area contributed by atoms with Crippen LogP contribution in [0.25, 0.3) is 0 Å². The van der Waals surface area contributed by atoms with Crippen LogP contribution in [0.3, 0.4) is 0 Å². The third-order valence-electron chi connectivity index (χ3n) is 5.34. The van der Waals surface area contributed by atoms with Crippen LogP contribution in [0.1, 0.15) is 25.0 Å². The molecular weight excluding hydrogens is 452 g/mol. The number of carbonyl (C=O) groups excluding carboxylic acids is 1. The number of halogens is 2. The first kappa shape index (κ1) is 25.1. The molecule has 33 heavy (non-hydrogen) atoms. The molecule has 180 valence electrons. The molecule has 3 rings (SSSR count). The number of nitrogens with one attached hydrogen (secondary N) is 2. The first-order chi connectivity index (χ1) is 15.6. The second kappa shape index (κ2) is 11.0. The molecule has 1 aliphatic rings. The van der Waals surface area contributed by atoms with Crippen molar-refractivity contribution in [1.29, 1.82) is 0 Å². The lowest BCUT2D eigenvalue weighted by molar-refractivity contribution is -0.121. The van der Waals surface area contributed by atoms with Crippen molar-refractivity contribution in [1.82, 2.24) is 10.2 Å². The number of amides is 1. The van der Waals surface area contributed by atoms with Crippen LogP contribution in [0.15, 0.2) is 42.5 Å². The van der Waals surface area contributed by atoms with Crippen molar-refractivity contribution in [2.75, 3.05) is 31.0 Å². The molecule has 1 aliphatic heterocycles. The molecule has 0 saturated carbocycles. The molecule has 1 fully saturated rings. The molecule has 0 aliphatic carbocycles. The molecule has 1 atom stereocenters. The van der Waals surface area contributed by atoms with E-state index in [0.29, 0.717) is 44.0 Å². The highest BCUT2D eigenvalue weighted by molar-refractivity contribution is 7.93. The number of benzene rings is 2. The highest BCUT2D eigenvalue weighted by atomic mass is 32.2. The summed E-state index contributed by atoms with van der Waals surface area (Å²) >= 11 is 0. The van der Waals surface area contributed by atoms with E-state index in [1.165, 1.54) is 6.07 Å². The Kier molecular flexibility index (Phi) is 8.39. The lowest BCUT2D eigenvalue weighted by Gasteiger charge is -2.33. The number of sulfonamides is 1. The van der Waals surface area contributed by atoms with E-state index < -0.39 is 26.9 Å². The summed E-state index contributed by atoms with van der Waals surface area (Å²) in [5.41, 5.74) is 1.88. The molecule has 0 spiro atoms. The van der Waals surface area contributed by atoms with Crippen molar-refractivity contribution in [2.45, 2.75) is 38.2 Å². The monoisotopic (exact) mass is 481 g/mol. The van der Waals surface area contributed by atoms with Gasteiger partial charge in [-0.2, -0.15) is 0 Å². The minimum Gasteiger partial charge on any atom is -0.374 e. The van der Waals surface area contributed by atoms with Crippen LogP contribution in [-0.2, 0) is 32.5 Å². The first-order valence-corrected chi connectivity index (χ1v) is 12.3. The van der Waals surface area contributed by atoms with Crippen LogP contribution >= 0.6 is 0 Å². The van der Waals surface area contributed by atoms with Crippen molar-refractivity contribution in [3.63, 3.8) is 0 Å². The molecule has 2 aromatic rings. The number of hydrogen-bond acceptors (Lipinski definition) is 5.